The van der Waals surface area contributed by atoms with Crippen LogP contribution in [0.5, 0.6) is 0 Å². The van der Waals surface area contributed by atoms with Gasteiger partial charge in [-0.15, -0.1) is 0 Å². The van der Waals surface area contributed by atoms with Gasteiger partial charge in [0, 0.05) is 11.8 Å². The zero-order chi connectivity index (χ0) is 11.7. The first-order chi connectivity index (χ1) is 8.36. The average molecular weight is 219 g/mol. The van der Waals surface area contributed by atoms with E-state index in [-0.39, 0.29) is 0 Å². The zero-order valence-electron chi connectivity index (χ0n) is 9.72. The highest BCUT2D eigenvalue weighted by Gasteiger charge is 2.07. The lowest BCUT2D eigenvalue weighted by molar-refractivity contribution is 1.32. The number of nitrogens with zero attached hydrogens (tertiary/aromatic N) is 1. The lowest BCUT2D eigenvalue weighted by Gasteiger charge is -2.09. The van der Waals surface area contributed by atoms with E-state index in [1.807, 2.05) is 18.3 Å². The third-order valence-corrected chi connectivity index (χ3v) is 3.06. The van der Waals surface area contributed by atoms with Gasteiger partial charge in [0.05, 0.1) is 5.69 Å². The van der Waals surface area contributed by atoms with E-state index in [0.29, 0.717) is 0 Å². The molecule has 0 atom stereocenters. The second-order valence-corrected chi connectivity index (χ2v) is 4.19. The molecule has 0 aliphatic rings. The van der Waals surface area contributed by atoms with Crippen molar-refractivity contribution in [1.82, 2.24) is 4.98 Å². The minimum atomic E-state index is 1.04. The highest BCUT2D eigenvalue weighted by atomic mass is 14.7. The monoisotopic (exact) mass is 219 g/mol. The van der Waals surface area contributed by atoms with E-state index in [0.717, 1.165) is 5.69 Å². The van der Waals surface area contributed by atoms with Crippen molar-refractivity contribution in [2.75, 3.05) is 0 Å². The zero-order valence-corrected chi connectivity index (χ0v) is 9.72. The van der Waals surface area contributed by atoms with Crippen molar-refractivity contribution in [2.24, 2.45) is 0 Å². The molecular formula is C16H13N. The van der Waals surface area contributed by atoms with Crippen molar-refractivity contribution in [1.29, 1.82) is 0 Å². The van der Waals surface area contributed by atoms with Crippen LogP contribution < -0.4 is 0 Å². The average Bonchev–Trinajstić information content (AvgIpc) is 2.39. The summed E-state index contributed by atoms with van der Waals surface area (Å²) in [7, 11) is 0. The Morgan fingerprint density at radius 3 is 2.47 bits per heavy atom. The third kappa shape index (κ3) is 1.70. The molecule has 1 nitrogen and oxygen atoms in total. The Kier molecular flexibility index (Phi) is 2.37. The second-order valence-electron chi connectivity index (χ2n) is 4.19. The number of pyridine rings is 1. The van der Waals surface area contributed by atoms with Gasteiger partial charge in [-0.3, -0.25) is 4.98 Å². The van der Waals surface area contributed by atoms with Crippen molar-refractivity contribution < 1.29 is 0 Å². The molecule has 0 saturated carbocycles. The van der Waals surface area contributed by atoms with Crippen LogP contribution in [0.3, 0.4) is 0 Å². The topological polar surface area (TPSA) is 12.9 Å². The van der Waals surface area contributed by atoms with E-state index in [9.17, 15) is 0 Å². The first-order valence-corrected chi connectivity index (χ1v) is 5.76. The van der Waals surface area contributed by atoms with Gasteiger partial charge in [0.2, 0.25) is 0 Å². The van der Waals surface area contributed by atoms with Crippen LogP contribution in [0.2, 0.25) is 0 Å². The van der Waals surface area contributed by atoms with Gasteiger partial charge in [-0.05, 0) is 35.4 Å². The Balaban J connectivity index is 2.39. The number of rotatable bonds is 1. The number of benzene rings is 2. The molecular weight excluding hydrogens is 206 g/mol. The molecule has 0 aliphatic carbocycles. The quantitative estimate of drug-likeness (QED) is 0.597. The fourth-order valence-electron chi connectivity index (χ4n) is 2.23. The van der Waals surface area contributed by atoms with E-state index in [1.165, 1.54) is 21.9 Å². The molecule has 0 amide bonds. The molecule has 3 rings (SSSR count). The Hall–Kier alpha value is -2.15. The first kappa shape index (κ1) is 10.0. The Bertz CT molecular complexity index is 657. The maximum absolute atomic E-state index is 4.46. The fourth-order valence-corrected chi connectivity index (χ4v) is 2.23. The van der Waals surface area contributed by atoms with Gasteiger partial charge in [-0.25, -0.2) is 0 Å². The van der Waals surface area contributed by atoms with Crippen LogP contribution >= 0.6 is 0 Å². The van der Waals surface area contributed by atoms with Gasteiger partial charge in [0.25, 0.3) is 0 Å². The van der Waals surface area contributed by atoms with Gasteiger partial charge in [-0.1, -0.05) is 42.5 Å². The number of aryl methyl sites for hydroxylation is 1. The number of hydrogen-bond donors (Lipinski definition) is 0. The first-order valence-electron chi connectivity index (χ1n) is 5.76. The SMILES string of the molecule is Cc1ccc2ccccc2c1-c1ccccn1. The summed E-state index contributed by atoms with van der Waals surface area (Å²) in [5.74, 6) is 0. The predicted molar refractivity (Wildman–Crippen MR) is 71.9 cm³/mol. The summed E-state index contributed by atoms with van der Waals surface area (Å²) in [6.07, 6.45) is 1.84. The molecule has 0 fully saturated rings. The minimum Gasteiger partial charge on any atom is -0.256 e. The van der Waals surface area contributed by atoms with Gasteiger partial charge in [0.15, 0.2) is 0 Å². The van der Waals surface area contributed by atoms with Gasteiger partial charge in [-0.2, -0.15) is 0 Å². The third-order valence-electron chi connectivity index (χ3n) is 3.06. The molecule has 0 saturated heterocycles. The molecule has 0 radical (unpaired) electrons. The molecule has 1 aromatic heterocycles. The van der Waals surface area contributed by atoms with E-state index in [2.05, 4.69) is 54.4 Å². The molecule has 1 heteroatoms. The van der Waals surface area contributed by atoms with Crippen LogP contribution in [-0.4, -0.2) is 4.98 Å². The number of hydrogen-bond acceptors (Lipinski definition) is 1. The molecule has 0 unspecified atom stereocenters. The highest BCUT2D eigenvalue weighted by Crippen LogP contribution is 2.30. The number of aromatic nitrogens is 1. The largest absolute Gasteiger partial charge is 0.256 e. The highest BCUT2D eigenvalue weighted by molar-refractivity contribution is 5.97. The summed E-state index contributed by atoms with van der Waals surface area (Å²) in [5, 5.41) is 2.53. The Labute approximate surface area is 101 Å². The predicted octanol–water partition coefficient (Wildman–Crippen LogP) is 4.21. The van der Waals surface area contributed by atoms with Crippen LogP contribution in [0.25, 0.3) is 22.0 Å². The van der Waals surface area contributed by atoms with Crippen LogP contribution in [-0.2, 0) is 0 Å². The van der Waals surface area contributed by atoms with Crippen LogP contribution in [0, 0.1) is 6.92 Å². The summed E-state index contributed by atoms with van der Waals surface area (Å²) < 4.78 is 0. The molecule has 82 valence electrons. The molecule has 0 spiro atoms. The molecule has 0 bridgehead atoms. The molecule has 17 heavy (non-hydrogen) atoms. The molecule has 1 heterocycles. The van der Waals surface area contributed by atoms with E-state index < -0.39 is 0 Å². The Morgan fingerprint density at radius 1 is 0.824 bits per heavy atom. The van der Waals surface area contributed by atoms with Crippen molar-refractivity contribution in [3.8, 4) is 11.3 Å². The van der Waals surface area contributed by atoms with Crippen molar-refractivity contribution in [3.63, 3.8) is 0 Å². The minimum absolute atomic E-state index is 1.04. The lowest BCUT2D eigenvalue weighted by Crippen LogP contribution is -1.88. The summed E-state index contributed by atoms with van der Waals surface area (Å²) in [6.45, 7) is 2.14. The summed E-state index contributed by atoms with van der Waals surface area (Å²) in [4.78, 5) is 4.46. The fraction of sp³-hybridized carbons (Fsp3) is 0.0625. The van der Waals surface area contributed by atoms with E-state index in [1.54, 1.807) is 0 Å². The molecule has 3 aromatic rings. The molecule has 0 aliphatic heterocycles. The van der Waals surface area contributed by atoms with Crippen molar-refractivity contribution in [2.45, 2.75) is 6.92 Å². The maximum atomic E-state index is 4.46. The summed E-state index contributed by atoms with van der Waals surface area (Å²) in [6, 6.07) is 18.8. The lowest BCUT2D eigenvalue weighted by atomic mass is 9.97. The van der Waals surface area contributed by atoms with E-state index in [4.69, 9.17) is 0 Å². The van der Waals surface area contributed by atoms with Gasteiger partial charge >= 0.3 is 0 Å². The van der Waals surface area contributed by atoms with Crippen molar-refractivity contribution >= 4 is 10.8 Å². The van der Waals surface area contributed by atoms with Gasteiger partial charge in [0.1, 0.15) is 0 Å². The summed E-state index contributed by atoms with van der Waals surface area (Å²) in [5.41, 5.74) is 3.55. The second kappa shape index (κ2) is 4.02. The van der Waals surface area contributed by atoms with E-state index >= 15 is 0 Å². The van der Waals surface area contributed by atoms with Crippen molar-refractivity contribution in [3.05, 3.63) is 66.4 Å². The summed E-state index contributed by atoms with van der Waals surface area (Å²) >= 11 is 0. The smallest absolute Gasteiger partial charge is 0.0710 e. The Morgan fingerprint density at radius 2 is 1.65 bits per heavy atom. The van der Waals surface area contributed by atoms with Gasteiger partial charge < -0.3 is 0 Å². The number of fused-ring (bicyclic) bond motifs is 1. The molecule has 2 aromatic carbocycles. The van der Waals surface area contributed by atoms with Crippen LogP contribution in [0.4, 0.5) is 0 Å². The normalized spacial score (nSPS) is 10.6. The van der Waals surface area contributed by atoms with Crippen LogP contribution in [0.1, 0.15) is 5.56 Å². The molecule has 0 N–H and O–H groups in total. The standard InChI is InChI=1S/C16H13N/c1-12-9-10-13-6-2-3-7-14(13)16(12)15-8-4-5-11-17-15/h2-11H,1H3. The van der Waals surface area contributed by atoms with Crippen LogP contribution in [0.15, 0.2) is 60.8 Å². The maximum Gasteiger partial charge on any atom is 0.0710 e.